The maximum Gasteiger partial charge on any atom is 0.273 e. The van der Waals surface area contributed by atoms with E-state index in [0.717, 1.165) is 10.9 Å². The summed E-state index contributed by atoms with van der Waals surface area (Å²) in [5, 5.41) is 17.4. The van der Waals surface area contributed by atoms with Crippen molar-refractivity contribution < 1.29 is 10.2 Å². The molecule has 0 radical (unpaired) electrons. The summed E-state index contributed by atoms with van der Waals surface area (Å²) < 4.78 is 1.08. The van der Waals surface area contributed by atoms with Crippen LogP contribution in [0.2, 0.25) is 10.2 Å². The monoisotopic (exact) mass is 238 g/mol. The molecule has 0 saturated heterocycles. The lowest BCUT2D eigenvalue weighted by Gasteiger charge is -2.09. The minimum Gasteiger partial charge on any atom is -0.394 e. The number of hydrogen-bond donors (Lipinski definition) is 2. The second-order valence-corrected chi connectivity index (χ2v) is 3.38. The van der Waals surface area contributed by atoms with Gasteiger partial charge in [-0.25, -0.2) is 4.98 Å². The predicted molar refractivity (Wildman–Crippen MR) is 51.6 cm³/mol. The van der Waals surface area contributed by atoms with Crippen molar-refractivity contribution >= 4 is 23.2 Å². The van der Waals surface area contributed by atoms with Gasteiger partial charge in [0.25, 0.3) is 5.56 Å². The third-order valence-corrected chi connectivity index (χ3v) is 2.28. The van der Waals surface area contributed by atoms with E-state index in [1.165, 1.54) is 0 Å². The molecular formula is C7H8Cl2N2O3. The first-order chi connectivity index (χ1) is 6.56. The van der Waals surface area contributed by atoms with Gasteiger partial charge in [-0.15, -0.1) is 0 Å². The van der Waals surface area contributed by atoms with Gasteiger partial charge in [0, 0.05) is 0 Å². The van der Waals surface area contributed by atoms with Gasteiger partial charge in [-0.2, -0.15) is 0 Å². The van der Waals surface area contributed by atoms with Crippen molar-refractivity contribution in [3.8, 4) is 0 Å². The Morgan fingerprint density at radius 1 is 1.57 bits per heavy atom. The van der Waals surface area contributed by atoms with E-state index in [0.29, 0.717) is 0 Å². The van der Waals surface area contributed by atoms with Crippen LogP contribution >= 0.6 is 23.2 Å². The summed E-state index contributed by atoms with van der Waals surface area (Å²) in [5.74, 6) is 0. The Kier molecular flexibility index (Phi) is 3.88. The summed E-state index contributed by atoms with van der Waals surface area (Å²) in [6, 6.07) is 0. The summed E-state index contributed by atoms with van der Waals surface area (Å²) in [7, 11) is 0. The van der Waals surface area contributed by atoms with Gasteiger partial charge >= 0.3 is 0 Å². The highest BCUT2D eigenvalue weighted by atomic mass is 35.5. The first-order valence-corrected chi connectivity index (χ1v) is 4.51. The SMILES string of the molecule is O=c1c(Cl)c(Cl)ncn1CC(O)CO. The van der Waals surface area contributed by atoms with Crippen molar-refractivity contribution in [2.45, 2.75) is 12.6 Å². The first-order valence-electron chi connectivity index (χ1n) is 3.75. The van der Waals surface area contributed by atoms with Crippen molar-refractivity contribution in [2.75, 3.05) is 6.61 Å². The van der Waals surface area contributed by atoms with Crippen LogP contribution in [0.5, 0.6) is 0 Å². The molecule has 0 bridgehead atoms. The summed E-state index contributed by atoms with van der Waals surface area (Å²) >= 11 is 11.0. The fourth-order valence-electron chi connectivity index (χ4n) is 0.859. The molecule has 5 nitrogen and oxygen atoms in total. The lowest BCUT2D eigenvalue weighted by atomic mass is 10.4. The number of aliphatic hydroxyl groups excluding tert-OH is 2. The average Bonchev–Trinajstić information content (AvgIpc) is 2.19. The molecule has 0 aliphatic carbocycles. The second-order valence-electron chi connectivity index (χ2n) is 2.64. The molecule has 0 saturated carbocycles. The molecule has 1 heterocycles. The molecule has 1 rings (SSSR count). The van der Waals surface area contributed by atoms with Gasteiger partial charge in [0.1, 0.15) is 5.02 Å². The van der Waals surface area contributed by atoms with Crippen molar-refractivity contribution in [3.63, 3.8) is 0 Å². The molecule has 14 heavy (non-hydrogen) atoms. The number of aliphatic hydroxyl groups is 2. The van der Waals surface area contributed by atoms with Crippen molar-refractivity contribution in [3.05, 3.63) is 26.9 Å². The van der Waals surface area contributed by atoms with Gasteiger partial charge in [-0.05, 0) is 0 Å². The van der Waals surface area contributed by atoms with Crippen LogP contribution in [-0.4, -0.2) is 32.5 Å². The fourth-order valence-corrected chi connectivity index (χ4v) is 1.14. The van der Waals surface area contributed by atoms with Crippen LogP contribution in [0.15, 0.2) is 11.1 Å². The highest BCUT2D eigenvalue weighted by Gasteiger charge is 2.10. The smallest absolute Gasteiger partial charge is 0.273 e. The van der Waals surface area contributed by atoms with E-state index in [4.69, 9.17) is 33.4 Å². The Balaban J connectivity index is 3.00. The van der Waals surface area contributed by atoms with Crippen LogP contribution in [0.4, 0.5) is 0 Å². The molecule has 78 valence electrons. The largest absolute Gasteiger partial charge is 0.394 e. The quantitative estimate of drug-likeness (QED) is 0.722. The molecule has 1 aromatic rings. The van der Waals surface area contributed by atoms with E-state index >= 15 is 0 Å². The summed E-state index contributed by atoms with van der Waals surface area (Å²) in [6.45, 7) is -0.508. The third kappa shape index (κ3) is 2.45. The zero-order valence-electron chi connectivity index (χ0n) is 7.02. The lowest BCUT2D eigenvalue weighted by molar-refractivity contribution is 0.0801. The highest BCUT2D eigenvalue weighted by Crippen LogP contribution is 2.12. The van der Waals surface area contributed by atoms with Crippen molar-refractivity contribution in [2.24, 2.45) is 0 Å². The topological polar surface area (TPSA) is 75.4 Å². The lowest BCUT2D eigenvalue weighted by Crippen LogP contribution is -2.29. The minimum atomic E-state index is -1.02. The molecule has 7 heteroatoms. The van der Waals surface area contributed by atoms with E-state index in [-0.39, 0.29) is 16.7 Å². The van der Waals surface area contributed by atoms with Crippen LogP contribution in [0.3, 0.4) is 0 Å². The Morgan fingerprint density at radius 2 is 2.21 bits per heavy atom. The number of hydrogen-bond acceptors (Lipinski definition) is 4. The summed E-state index contributed by atoms with van der Waals surface area (Å²) in [5.41, 5.74) is -0.542. The number of rotatable bonds is 3. The molecule has 0 fully saturated rings. The van der Waals surface area contributed by atoms with Gasteiger partial charge in [0.15, 0.2) is 5.15 Å². The summed E-state index contributed by atoms with van der Waals surface area (Å²) in [6.07, 6.45) is 0.141. The molecule has 0 aliphatic rings. The molecule has 0 spiro atoms. The normalized spacial score (nSPS) is 12.9. The maximum absolute atomic E-state index is 11.4. The standard InChI is InChI=1S/C7H8Cl2N2O3/c8-5-6(9)10-3-11(7(5)14)1-4(13)2-12/h3-4,12-13H,1-2H2. The van der Waals surface area contributed by atoms with Crippen LogP contribution in [0.25, 0.3) is 0 Å². The number of halogens is 2. The third-order valence-electron chi connectivity index (χ3n) is 1.56. The van der Waals surface area contributed by atoms with Gasteiger partial charge in [-0.3, -0.25) is 9.36 Å². The van der Waals surface area contributed by atoms with Gasteiger partial charge in [-0.1, -0.05) is 23.2 Å². The molecule has 0 aromatic carbocycles. The molecule has 1 unspecified atom stereocenters. The van der Waals surface area contributed by atoms with Gasteiger partial charge in [0.05, 0.1) is 25.6 Å². The predicted octanol–water partition coefficient (Wildman–Crippen LogP) is -0.0967. The van der Waals surface area contributed by atoms with Crippen molar-refractivity contribution in [1.82, 2.24) is 9.55 Å². The molecule has 1 aromatic heterocycles. The summed E-state index contributed by atoms with van der Waals surface area (Å²) in [4.78, 5) is 15.0. The molecule has 1 atom stereocenters. The van der Waals surface area contributed by atoms with E-state index in [1.807, 2.05) is 0 Å². The van der Waals surface area contributed by atoms with Crippen LogP contribution < -0.4 is 5.56 Å². The van der Waals surface area contributed by atoms with Crippen LogP contribution in [0.1, 0.15) is 0 Å². The van der Waals surface area contributed by atoms with E-state index < -0.39 is 18.3 Å². The highest BCUT2D eigenvalue weighted by molar-refractivity contribution is 6.40. The molecule has 2 N–H and O–H groups in total. The second kappa shape index (κ2) is 4.75. The van der Waals surface area contributed by atoms with Crippen LogP contribution in [0, 0.1) is 0 Å². The van der Waals surface area contributed by atoms with E-state index in [2.05, 4.69) is 4.98 Å². The van der Waals surface area contributed by atoms with Crippen LogP contribution in [-0.2, 0) is 6.54 Å². The minimum absolute atomic E-state index is 0.0702. The molecule has 0 aliphatic heterocycles. The van der Waals surface area contributed by atoms with Gasteiger partial charge < -0.3 is 10.2 Å². The Morgan fingerprint density at radius 3 is 2.79 bits per heavy atom. The van der Waals surface area contributed by atoms with Crippen molar-refractivity contribution in [1.29, 1.82) is 0 Å². The number of aromatic nitrogens is 2. The Hall–Kier alpha value is -0.620. The Bertz CT molecular complexity index is 380. The van der Waals surface area contributed by atoms with E-state index in [9.17, 15) is 4.79 Å². The zero-order chi connectivity index (χ0) is 10.7. The maximum atomic E-state index is 11.4. The van der Waals surface area contributed by atoms with Gasteiger partial charge in [0.2, 0.25) is 0 Å². The molecular weight excluding hydrogens is 231 g/mol. The average molecular weight is 239 g/mol. The Labute approximate surface area is 89.5 Å². The zero-order valence-corrected chi connectivity index (χ0v) is 8.53. The fraction of sp³-hybridized carbons (Fsp3) is 0.429. The number of nitrogens with zero attached hydrogens (tertiary/aromatic N) is 2. The first kappa shape index (κ1) is 11.5. The molecule has 0 amide bonds. The van der Waals surface area contributed by atoms with E-state index in [1.54, 1.807) is 0 Å².